The summed E-state index contributed by atoms with van der Waals surface area (Å²) >= 11 is 12.0. The molecule has 0 aliphatic carbocycles. The van der Waals surface area contributed by atoms with E-state index < -0.39 is 0 Å². The Morgan fingerprint density at radius 2 is 2.15 bits per heavy atom. The lowest BCUT2D eigenvalue weighted by Crippen LogP contribution is -2.06. The second-order valence-corrected chi connectivity index (χ2v) is 5.23. The summed E-state index contributed by atoms with van der Waals surface area (Å²) in [6, 6.07) is 5.65. The molecule has 0 saturated heterocycles. The zero-order valence-corrected chi connectivity index (χ0v) is 12.4. The summed E-state index contributed by atoms with van der Waals surface area (Å²) in [5, 5.41) is 4.97. The van der Waals surface area contributed by atoms with Crippen LogP contribution in [0, 0.1) is 0 Å². The quantitative estimate of drug-likeness (QED) is 0.696. The van der Waals surface area contributed by atoms with Crippen LogP contribution < -0.4 is 0 Å². The minimum atomic E-state index is 0.363. The zero-order valence-electron chi connectivity index (χ0n) is 10.9. The van der Waals surface area contributed by atoms with Crippen molar-refractivity contribution in [2.24, 2.45) is 7.05 Å². The maximum absolute atomic E-state index is 6.06. The minimum Gasteiger partial charge on any atom is -0.326 e. The summed E-state index contributed by atoms with van der Waals surface area (Å²) in [5.74, 6) is 2.00. The molecular formula is C13H13Cl2N5. The Morgan fingerprint density at radius 3 is 2.85 bits per heavy atom. The van der Waals surface area contributed by atoms with Crippen molar-refractivity contribution in [3.05, 3.63) is 41.2 Å². The van der Waals surface area contributed by atoms with Gasteiger partial charge in [-0.1, -0.05) is 11.6 Å². The lowest BCUT2D eigenvalue weighted by Gasteiger charge is -2.06. The summed E-state index contributed by atoms with van der Waals surface area (Å²) in [5.41, 5.74) is 1.89. The van der Waals surface area contributed by atoms with Gasteiger partial charge in [-0.15, -0.1) is 11.6 Å². The van der Waals surface area contributed by atoms with E-state index in [1.54, 1.807) is 11.0 Å². The summed E-state index contributed by atoms with van der Waals surface area (Å²) in [4.78, 5) is 8.74. The normalized spacial score (nSPS) is 11.3. The average molecular weight is 310 g/mol. The van der Waals surface area contributed by atoms with Crippen LogP contribution >= 0.6 is 23.2 Å². The standard InChI is InChI=1S/C13H13Cl2N5/c1-19-8-16-12(18-19)4-5-20-11-6-9(15)2-3-10(11)17-13(20)7-14/h2-3,6,8H,4-5,7H2,1H3. The van der Waals surface area contributed by atoms with E-state index >= 15 is 0 Å². The first-order valence-corrected chi connectivity index (χ1v) is 7.14. The van der Waals surface area contributed by atoms with Crippen LogP contribution in [0.3, 0.4) is 0 Å². The highest BCUT2D eigenvalue weighted by Gasteiger charge is 2.11. The van der Waals surface area contributed by atoms with Crippen molar-refractivity contribution in [3.63, 3.8) is 0 Å². The highest BCUT2D eigenvalue weighted by atomic mass is 35.5. The number of hydrogen-bond acceptors (Lipinski definition) is 3. The van der Waals surface area contributed by atoms with Gasteiger partial charge in [-0.3, -0.25) is 4.68 Å². The Balaban J connectivity index is 1.94. The van der Waals surface area contributed by atoms with Gasteiger partial charge in [0.1, 0.15) is 12.2 Å². The van der Waals surface area contributed by atoms with Gasteiger partial charge in [-0.05, 0) is 18.2 Å². The zero-order chi connectivity index (χ0) is 14.1. The van der Waals surface area contributed by atoms with E-state index in [0.29, 0.717) is 10.9 Å². The van der Waals surface area contributed by atoms with E-state index in [4.69, 9.17) is 23.2 Å². The second kappa shape index (κ2) is 5.42. The third-order valence-electron chi connectivity index (χ3n) is 3.11. The number of aryl methyl sites for hydroxylation is 3. The third-order valence-corrected chi connectivity index (χ3v) is 3.59. The largest absolute Gasteiger partial charge is 0.326 e. The smallest absolute Gasteiger partial charge is 0.152 e. The molecule has 0 saturated carbocycles. The molecule has 0 bridgehead atoms. The molecule has 104 valence electrons. The molecular weight excluding hydrogens is 297 g/mol. The molecule has 0 fully saturated rings. The van der Waals surface area contributed by atoms with E-state index in [9.17, 15) is 0 Å². The molecule has 0 N–H and O–H groups in total. The summed E-state index contributed by atoms with van der Waals surface area (Å²) in [7, 11) is 1.85. The molecule has 1 aromatic carbocycles. The molecule has 3 aromatic rings. The van der Waals surface area contributed by atoms with Crippen LogP contribution in [0.1, 0.15) is 11.6 Å². The van der Waals surface area contributed by atoms with Crippen LogP contribution in [0.4, 0.5) is 0 Å². The predicted molar refractivity (Wildman–Crippen MR) is 79.0 cm³/mol. The molecule has 2 aromatic heterocycles. The summed E-state index contributed by atoms with van der Waals surface area (Å²) < 4.78 is 3.77. The number of imidazole rings is 1. The van der Waals surface area contributed by atoms with Crippen molar-refractivity contribution >= 4 is 34.2 Å². The topological polar surface area (TPSA) is 48.5 Å². The average Bonchev–Trinajstić information content (AvgIpc) is 2.99. The fourth-order valence-electron chi connectivity index (χ4n) is 2.21. The van der Waals surface area contributed by atoms with Crippen molar-refractivity contribution in [2.45, 2.75) is 18.8 Å². The van der Waals surface area contributed by atoms with Gasteiger partial charge in [-0.2, -0.15) is 5.10 Å². The molecule has 3 rings (SSSR count). The first kappa shape index (κ1) is 13.4. The molecule has 0 aliphatic rings. The number of fused-ring (bicyclic) bond motifs is 1. The van der Waals surface area contributed by atoms with Gasteiger partial charge in [-0.25, -0.2) is 9.97 Å². The highest BCUT2D eigenvalue weighted by Crippen LogP contribution is 2.22. The van der Waals surface area contributed by atoms with Crippen molar-refractivity contribution in [3.8, 4) is 0 Å². The van der Waals surface area contributed by atoms with Gasteiger partial charge in [0.25, 0.3) is 0 Å². The molecule has 5 nitrogen and oxygen atoms in total. The number of alkyl halides is 1. The predicted octanol–water partition coefficient (Wildman–Crippen LogP) is 2.80. The summed E-state index contributed by atoms with van der Waals surface area (Å²) in [6.45, 7) is 0.725. The maximum atomic E-state index is 6.06. The van der Waals surface area contributed by atoms with Gasteiger partial charge in [0, 0.05) is 25.0 Å². The molecule has 0 radical (unpaired) electrons. The first-order valence-electron chi connectivity index (χ1n) is 6.22. The lowest BCUT2D eigenvalue weighted by molar-refractivity contribution is 0.654. The number of nitrogens with zero attached hydrogens (tertiary/aromatic N) is 5. The van der Waals surface area contributed by atoms with E-state index in [-0.39, 0.29) is 0 Å². The van der Waals surface area contributed by atoms with Gasteiger partial charge < -0.3 is 4.57 Å². The van der Waals surface area contributed by atoms with Crippen LogP contribution in [-0.4, -0.2) is 24.3 Å². The maximum Gasteiger partial charge on any atom is 0.152 e. The SMILES string of the molecule is Cn1cnc(CCn2c(CCl)nc3ccc(Cl)cc32)n1. The number of aromatic nitrogens is 5. The van der Waals surface area contributed by atoms with Crippen molar-refractivity contribution < 1.29 is 0 Å². The van der Waals surface area contributed by atoms with E-state index in [1.165, 1.54) is 0 Å². The monoisotopic (exact) mass is 309 g/mol. The lowest BCUT2D eigenvalue weighted by atomic mass is 10.3. The Bertz CT molecular complexity index is 746. The second-order valence-electron chi connectivity index (χ2n) is 4.53. The molecule has 0 atom stereocenters. The number of hydrogen-bond donors (Lipinski definition) is 0. The fraction of sp³-hybridized carbons (Fsp3) is 0.308. The third kappa shape index (κ3) is 2.51. The van der Waals surface area contributed by atoms with Crippen molar-refractivity contribution in [2.75, 3.05) is 0 Å². The van der Waals surface area contributed by atoms with E-state index in [1.807, 2.05) is 25.2 Å². The van der Waals surface area contributed by atoms with Gasteiger partial charge >= 0.3 is 0 Å². The van der Waals surface area contributed by atoms with E-state index in [2.05, 4.69) is 19.6 Å². The Kier molecular flexibility index (Phi) is 3.63. The van der Waals surface area contributed by atoms with Crippen molar-refractivity contribution in [1.82, 2.24) is 24.3 Å². The van der Waals surface area contributed by atoms with Crippen LogP contribution in [0.2, 0.25) is 5.02 Å². The Morgan fingerprint density at radius 1 is 1.30 bits per heavy atom. The van der Waals surface area contributed by atoms with Crippen LogP contribution in [0.15, 0.2) is 24.5 Å². The van der Waals surface area contributed by atoms with Crippen LogP contribution in [0.5, 0.6) is 0 Å². The van der Waals surface area contributed by atoms with Crippen LogP contribution in [-0.2, 0) is 25.9 Å². The highest BCUT2D eigenvalue weighted by molar-refractivity contribution is 6.31. The van der Waals surface area contributed by atoms with Gasteiger partial charge in [0.2, 0.25) is 0 Å². The van der Waals surface area contributed by atoms with Gasteiger partial charge in [0.05, 0.1) is 16.9 Å². The van der Waals surface area contributed by atoms with Crippen LogP contribution in [0.25, 0.3) is 11.0 Å². The first-order chi connectivity index (χ1) is 9.67. The Hall–Kier alpha value is -1.59. The number of benzene rings is 1. The molecule has 0 spiro atoms. The van der Waals surface area contributed by atoms with Gasteiger partial charge in [0.15, 0.2) is 5.82 Å². The molecule has 7 heteroatoms. The fourth-order valence-corrected chi connectivity index (χ4v) is 2.58. The number of rotatable bonds is 4. The Labute approximate surface area is 126 Å². The molecule has 20 heavy (non-hydrogen) atoms. The number of halogens is 2. The summed E-state index contributed by atoms with van der Waals surface area (Å²) in [6.07, 6.45) is 2.42. The molecule has 0 amide bonds. The molecule has 0 aliphatic heterocycles. The van der Waals surface area contributed by atoms with Crippen molar-refractivity contribution in [1.29, 1.82) is 0 Å². The molecule has 0 unspecified atom stereocenters. The minimum absolute atomic E-state index is 0.363. The van der Waals surface area contributed by atoms with E-state index in [0.717, 1.165) is 35.6 Å². The molecule has 2 heterocycles.